The summed E-state index contributed by atoms with van der Waals surface area (Å²) in [7, 11) is 0. The third-order valence-corrected chi connectivity index (χ3v) is 6.04. The van der Waals surface area contributed by atoms with E-state index in [0.717, 1.165) is 27.7 Å². The maximum atomic E-state index is 13.2. The van der Waals surface area contributed by atoms with Crippen LogP contribution in [0.25, 0.3) is 10.9 Å². The van der Waals surface area contributed by atoms with E-state index >= 15 is 0 Å². The number of carbonyl (C=O) groups excluding carboxylic acids is 1. The Morgan fingerprint density at radius 3 is 2.60 bits per heavy atom. The van der Waals surface area contributed by atoms with Crippen LogP contribution in [0.5, 0.6) is 0 Å². The maximum Gasteiger partial charge on any atom is 0.193 e. The number of aromatic nitrogens is 1. The van der Waals surface area contributed by atoms with Crippen molar-refractivity contribution >= 4 is 39.9 Å². The fraction of sp³-hybridized carbons (Fsp3) is 0.348. The Labute approximate surface area is 186 Å². The molecule has 0 saturated carbocycles. The number of hydrogen-bond acceptors (Lipinski definition) is 4. The predicted octanol–water partition coefficient (Wildman–Crippen LogP) is 5.06. The smallest absolute Gasteiger partial charge is 0.193 e. The summed E-state index contributed by atoms with van der Waals surface area (Å²) in [6.45, 7) is 7.14. The highest BCUT2D eigenvalue weighted by molar-refractivity contribution is 6.35. The highest BCUT2D eigenvalue weighted by atomic mass is 35.5. The molecule has 0 amide bonds. The van der Waals surface area contributed by atoms with Gasteiger partial charge in [-0.3, -0.25) is 9.63 Å². The second-order valence-corrected chi connectivity index (χ2v) is 8.38. The molecule has 0 atom stereocenters. The van der Waals surface area contributed by atoms with Gasteiger partial charge in [0, 0.05) is 51.8 Å². The SMILES string of the molecule is Cc1ccc2c(c1)c(C(=O)CON1CCOCC1)c(C)n2Cc1ccc(Cl)cc1Cl. The molecule has 0 aliphatic carbocycles. The number of nitrogens with zero attached hydrogens (tertiary/aromatic N) is 2. The monoisotopic (exact) mass is 446 g/mol. The molecule has 3 aromatic rings. The van der Waals surface area contributed by atoms with Crippen molar-refractivity contribution in [3.8, 4) is 0 Å². The van der Waals surface area contributed by atoms with Crippen LogP contribution in [-0.2, 0) is 16.1 Å². The van der Waals surface area contributed by atoms with Crippen LogP contribution < -0.4 is 0 Å². The lowest BCUT2D eigenvalue weighted by molar-refractivity contribution is -0.184. The van der Waals surface area contributed by atoms with Gasteiger partial charge in [0.1, 0.15) is 6.61 Å². The Morgan fingerprint density at radius 1 is 1.10 bits per heavy atom. The number of hydrogen-bond donors (Lipinski definition) is 0. The van der Waals surface area contributed by atoms with E-state index < -0.39 is 0 Å². The minimum atomic E-state index is -0.0319. The molecule has 0 radical (unpaired) electrons. The summed E-state index contributed by atoms with van der Waals surface area (Å²) in [6.07, 6.45) is 0. The number of ketones is 1. The van der Waals surface area contributed by atoms with Gasteiger partial charge < -0.3 is 9.30 Å². The van der Waals surface area contributed by atoms with Crippen LogP contribution in [0.3, 0.4) is 0 Å². The third kappa shape index (κ3) is 4.41. The molecular weight excluding hydrogens is 423 g/mol. The van der Waals surface area contributed by atoms with E-state index in [1.165, 1.54) is 0 Å². The molecule has 30 heavy (non-hydrogen) atoms. The molecule has 2 heterocycles. The fourth-order valence-corrected chi connectivity index (χ4v) is 4.34. The molecule has 1 aliphatic heterocycles. The number of carbonyl (C=O) groups is 1. The number of benzene rings is 2. The molecule has 7 heteroatoms. The molecule has 1 aliphatic rings. The first kappa shape index (κ1) is 21.3. The largest absolute Gasteiger partial charge is 0.379 e. The van der Waals surface area contributed by atoms with Crippen LogP contribution >= 0.6 is 23.2 Å². The van der Waals surface area contributed by atoms with E-state index in [-0.39, 0.29) is 12.4 Å². The minimum absolute atomic E-state index is 0.00952. The molecule has 1 fully saturated rings. The van der Waals surface area contributed by atoms with Gasteiger partial charge in [-0.15, -0.1) is 0 Å². The highest BCUT2D eigenvalue weighted by Gasteiger charge is 2.22. The Balaban J connectivity index is 1.68. The van der Waals surface area contributed by atoms with Gasteiger partial charge in [0.05, 0.1) is 13.2 Å². The van der Waals surface area contributed by atoms with Crippen molar-refractivity contribution in [3.63, 3.8) is 0 Å². The van der Waals surface area contributed by atoms with E-state index in [9.17, 15) is 4.79 Å². The first-order valence-electron chi connectivity index (χ1n) is 9.96. The third-order valence-electron chi connectivity index (χ3n) is 5.45. The lowest BCUT2D eigenvalue weighted by atomic mass is 10.1. The zero-order valence-corrected chi connectivity index (χ0v) is 18.6. The van der Waals surface area contributed by atoms with Crippen LogP contribution in [0.4, 0.5) is 0 Å². The number of fused-ring (bicyclic) bond motifs is 1. The molecule has 0 bridgehead atoms. The predicted molar refractivity (Wildman–Crippen MR) is 120 cm³/mol. The molecule has 0 unspecified atom stereocenters. The summed E-state index contributed by atoms with van der Waals surface area (Å²) >= 11 is 12.5. The second kappa shape index (κ2) is 9.08. The Morgan fingerprint density at radius 2 is 1.87 bits per heavy atom. The number of aryl methyl sites for hydroxylation is 1. The van der Waals surface area contributed by atoms with Gasteiger partial charge in [-0.1, -0.05) is 40.9 Å². The molecule has 1 saturated heterocycles. The van der Waals surface area contributed by atoms with Crippen LogP contribution in [0.15, 0.2) is 36.4 Å². The second-order valence-electron chi connectivity index (χ2n) is 7.54. The first-order chi connectivity index (χ1) is 14.4. The molecule has 4 rings (SSSR count). The average Bonchev–Trinajstić information content (AvgIpc) is 2.99. The zero-order chi connectivity index (χ0) is 21.3. The normalized spacial score (nSPS) is 15.1. The summed E-state index contributed by atoms with van der Waals surface area (Å²) in [6, 6.07) is 11.7. The highest BCUT2D eigenvalue weighted by Crippen LogP contribution is 2.30. The number of Topliss-reactive ketones (excluding diaryl/α,β-unsaturated/α-hetero) is 1. The van der Waals surface area contributed by atoms with E-state index in [4.69, 9.17) is 32.8 Å². The van der Waals surface area contributed by atoms with Gasteiger partial charge in [0.2, 0.25) is 0 Å². The van der Waals surface area contributed by atoms with Crippen LogP contribution in [0, 0.1) is 13.8 Å². The van der Waals surface area contributed by atoms with Crippen LogP contribution in [0.2, 0.25) is 10.0 Å². The van der Waals surface area contributed by atoms with Crippen molar-refractivity contribution in [1.82, 2.24) is 9.63 Å². The quantitative estimate of drug-likeness (QED) is 0.496. The number of ether oxygens (including phenoxy) is 1. The van der Waals surface area contributed by atoms with E-state index in [1.54, 1.807) is 11.1 Å². The van der Waals surface area contributed by atoms with Gasteiger partial charge >= 0.3 is 0 Å². The number of morpholine rings is 1. The van der Waals surface area contributed by atoms with E-state index in [0.29, 0.717) is 48.5 Å². The van der Waals surface area contributed by atoms with Crippen molar-refractivity contribution in [3.05, 3.63) is 68.8 Å². The van der Waals surface area contributed by atoms with Gasteiger partial charge in [-0.25, -0.2) is 0 Å². The van der Waals surface area contributed by atoms with Crippen molar-refractivity contribution in [1.29, 1.82) is 0 Å². The van der Waals surface area contributed by atoms with Crippen LogP contribution in [-0.4, -0.2) is 48.3 Å². The first-order valence-corrected chi connectivity index (χ1v) is 10.7. The van der Waals surface area contributed by atoms with Gasteiger partial charge in [-0.05, 0) is 43.7 Å². The van der Waals surface area contributed by atoms with Gasteiger partial charge in [0.15, 0.2) is 5.78 Å². The number of halogens is 2. The van der Waals surface area contributed by atoms with Gasteiger partial charge in [-0.2, -0.15) is 5.06 Å². The lowest BCUT2D eigenvalue weighted by Gasteiger charge is -2.25. The Hall–Kier alpha value is -1.89. The molecule has 1 aromatic heterocycles. The molecule has 5 nitrogen and oxygen atoms in total. The standard InChI is InChI=1S/C23H24Cl2N2O3/c1-15-3-6-21-19(11-15)23(22(28)14-30-26-7-9-29-10-8-26)16(2)27(21)13-17-4-5-18(24)12-20(17)25/h3-6,11-12H,7-10,13-14H2,1-2H3. The van der Waals surface area contributed by atoms with Gasteiger partial charge in [0.25, 0.3) is 0 Å². The van der Waals surface area contributed by atoms with Crippen molar-refractivity contribution in [2.24, 2.45) is 0 Å². The average molecular weight is 447 g/mol. The van der Waals surface area contributed by atoms with Crippen molar-refractivity contribution in [2.45, 2.75) is 20.4 Å². The molecule has 158 valence electrons. The maximum absolute atomic E-state index is 13.2. The summed E-state index contributed by atoms with van der Waals surface area (Å²) in [5.74, 6) is -0.0319. The van der Waals surface area contributed by atoms with Crippen molar-refractivity contribution in [2.75, 3.05) is 32.9 Å². The van der Waals surface area contributed by atoms with Crippen molar-refractivity contribution < 1.29 is 14.4 Å². The number of rotatable bonds is 6. The molecule has 2 aromatic carbocycles. The molecular formula is C23H24Cl2N2O3. The summed E-state index contributed by atoms with van der Waals surface area (Å²) < 4.78 is 7.46. The summed E-state index contributed by atoms with van der Waals surface area (Å²) in [4.78, 5) is 18.9. The van der Waals surface area contributed by atoms with Crippen LogP contribution in [0.1, 0.15) is 27.2 Å². The van der Waals surface area contributed by atoms with E-state index in [2.05, 4.69) is 22.8 Å². The minimum Gasteiger partial charge on any atom is -0.379 e. The Kier molecular flexibility index (Phi) is 6.46. The summed E-state index contributed by atoms with van der Waals surface area (Å²) in [5.41, 5.74) is 4.65. The fourth-order valence-electron chi connectivity index (χ4n) is 3.87. The summed E-state index contributed by atoms with van der Waals surface area (Å²) in [5, 5.41) is 3.95. The van der Waals surface area contributed by atoms with E-state index in [1.807, 2.05) is 26.0 Å². The molecule has 0 N–H and O–H groups in total. The topological polar surface area (TPSA) is 43.7 Å². The zero-order valence-electron chi connectivity index (χ0n) is 17.1. The molecule has 0 spiro atoms. The Bertz CT molecular complexity index is 1090. The number of hydroxylamine groups is 2. The lowest BCUT2D eigenvalue weighted by Crippen LogP contribution is -2.37.